The van der Waals surface area contributed by atoms with Gasteiger partial charge in [-0.1, -0.05) is 45.7 Å². The van der Waals surface area contributed by atoms with E-state index in [0.29, 0.717) is 48.3 Å². The molecule has 0 unspecified atom stereocenters. The quantitative estimate of drug-likeness (QED) is 0.477. The molecule has 0 amide bonds. The van der Waals surface area contributed by atoms with Gasteiger partial charge in [0.25, 0.3) is 0 Å². The van der Waals surface area contributed by atoms with Crippen molar-refractivity contribution in [2.75, 3.05) is 31.1 Å². The number of anilines is 1. The van der Waals surface area contributed by atoms with Gasteiger partial charge in [-0.3, -0.25) is 0 Å². The lowest BCUT2D eigenvalue weighted by Gasteiger charge is -2.36. The van der Waals surface area contributed by atoms with E-state index in [1.54, 1.807) is 28.6 Å². The Morgan fingerprint density at radius 3 is 2.28 bits per heavy atom. The van der Waals surface area contributed by atoms with Crippen LogP contribution in [0, 0.1) is 13.8 Å². The van der Waals surface area contributed by atoms with Crippen LogP contribution in [0.5, 0.6) is 0 Å². The van der Waals surface area contributed by atoms with Crippen molar-refractivity contribution in [3.63, 3.8) is 0 Å². The van der Waals surface area contributed by atoms with Gasteiger partial charge in [0.05, 0.1) is 4.90 Å². The maximum absolute atomic E-state index is 13.0. The number of nitrogens with zero attached hydrogens (tertiary/aromatic N) is 4. The first-order valence-corrected chi connectivity index (χ1v) is 12.9. The number of halogens is 2. The van der Waals surface area contributed by atoms with Crippen molar-refractivity contribution in [2.45, 2.75) is 25.2 Å². The van der Waals surface area contributed by atoms with Gasteiger partial charge in [-0.25, -0.2) is 18.4 Å². The van der Waals surface area contributed by atoms with Crippen molar-refractivity contribution in [1.82, 2.24) is 14.3 Å². The van der Waals surface area contributed by atoms with Crippen LogP contribution in [0.25, 0.3) is 0 Å². The Bertz CT molecular complexity index is 1230. The molecule has 0 spiro atoms. The van der Waals surface area contributed by atoms with Crippen LogP contribution in [0.2, 0.25) is 5.02 Å². The Morgan fingerprint density at radius 2 is 1.62 bits per heavy atom. The minimum Gasteiger partial charge on any atom is -0.354 e. The molecule has 168 valence electrons. The number of sulfonamides is 1. The van der Waals surface area contributed by atoms with Gasteiger partial charge in [-0.15, -0.1) is 0 Å². The van der Waals surface area contributed by atoms with Gasteiger partial charge in [0.2, 0.25) is 10.0 Å². The molecule has 2 aromatic carbocycles. The largest absolute Gasteiger partial charge is 0.354 e. The van der Waals surface area contributed by atoms with Crippen LogP contribution in [-0.4, -0.2) is 48.9 Å². The van der Waals surface area contributed by atoms with E-state index in [4.69, 9.17) is 16.6 Å². The van der Waals surface area contributed by atoms with Crippen LogP contribution in [0.15, 0.2) is 57.9 Å². The molecule has 1 aliphatic heterocycles. The van der Waals surface area contributed by atoms with Crippen LogP contribution in [0.3, 0.4) is 0 Å². The van der Waals surface area contributed by atoms with Crippen LogP contribution in [0.1, 0.15) is 22.6 Å². The van der Waals surface area contributed by atoms with Gasteiger partial charge < -0.3 is 4.90 Å². The maximum atomic E-state index is 13.0. The van der Waals surface area contributed by atoms with Crippen molar-refractivity contribution in [3.8, 4) is 0 Å². The van der Waals surface area contributed by atoms with Crippen molar-refractivity contribution in [1.29, 1.82) is 0 Å². The highest BCUT2D eigenvalue weighted by molar-refractivity contribution is 9.10. The molecule has 0 radical (unpaired) electrons. The summed E-state index contributed by atoms with van der Waals surface area (Å²) in [7, 11) is -3.53. The number of piperazine rings is 1. The molecule has 1 aromatic heterocycles. The molecule has 0 atom stereocenters. The summed E-state index contributed by atoms with van der Waals surface area (Å²) in [5.41, 5.74) is 2.95. The predicted molar refractivity (Wildman–Crippen MR) is 131 cm³/mol. The highest BCUT2D eigenvalue weighted by Crippen LogP contribution is 2.28. The third-order valence-corrected chi connectivity index (χ3v) is 8.43. The van der Waals surface area contributed by atoms with E-state index in [1.807, 2.05) is 38.1 Å². The van der Waals surface area contributed by atoms with Crippen LogP contribution in [-0.2, 0) is 16.4 Å². The standard InChI is InChI=1S/C23H24BrClN4O2S/c1-16-21(15-18-5-3-4-6-22(18)25)23(27-17(2)26-16)28-11-13-29(14-12-28)32(30,31)20-9-7-19(24)8-10-20/h3-10H,11-15H2,1-2H3. The van der Waals surface area contributed by atoms with Gasteiger partial charge >= 0.3 is 0 Å². The third-order valence-electron chi connectivity index (χ3n) is 5.62. The second-order valence-electron chi connectivity index (χ2n) is 7.77. The summed E-state index contributed by atoms with van der Waals surface area (Å²) in [6.45, 7) is 5.77. The molecule has 1 aliphatic rings. The molecule has 0 N–H and O–H groups in total. The Morgan fingerprint density at radius 1 is 0.969 bits per heavy atom. The summed E-state index contributed by atoms with van der Waals surface area (Å²) in [6.07, 6.45) is 0.624. The first-order valence-electron chi connectivity index (χ1n) is 10.3. The first kappa shape index (κ1) is 23.2. The summed E-state index contributed by atoms with van der Waals surface area (Å²) in [4.78, 5) is 11.8. The summed E-state index contributed by atoms with van der Waals surface area (Å²) in [6, 6.07) is 14.5. The molecule has 1 fully saturated rings. The number of hydrogen-bond acceptors (Lipinski definition) is 5. The molecular weight excluding hydrogens is 512 g/mol. The van der Waals surface area contributed by atoms with Crippen LogP contribution in [0.4, 0.5) is 5.82 Å². The SMILES string of the molecule is Cc1nc(C)c(Cc2ccccc2Cl)c(N2CCN(S(=O)(=O)c3ccc(Br)cc3)CC2)n1. The molecule has 0 aliphatic carbocycles. The van der Waals surface area contributed by atoms with Gasteiger partial charge in [0.15, 0.2) is 0 Å². The lowest BCUT2D eigenvalue weighted by molar-refractivity contribution is 0.383. The molecule has 4 rings (SSSR count). The topological polar surface area (TPSA) is 66.4 Å². The molecule has 6 nitrogen and oxygen atoms in total. The highest BCUT2D eigenvalue weighted by Gasteiger charge is 2.30. The number of benzene rings is 2. The smallest absolute Gasteiger partial charge is 0.243 e. The van der Waals surface area contributed by atoms with Gasteiger partial charge in [0.1, 0.15) is 11.6 Å². The monoisotopic (exact) mass is 534 g/mol. The predicted octanol–water partition coefficient (Wildman–Crippen LogP) is 4.61. The summed E-state index contributed by atoms with van der Waals surface area (Å²) in [5.74, 6) is 1.56. The van der Waals surface area contributed by atoms with Crippen molar-refractivity contribution in [2.24, 2.45) is 0 Å². The Hall–Kier alpha value is -2.00. The molecule has 0 bridgehead atoms. The van der Waals surface area contributed by atoms with E-state index < -0.39 is 10.0 Å². The van der Waals surface area contributed by atoms with E-state index in [2.05, 4.69) is 25.8 Å². The number of hydrogen-bond donors (Lipinski definition) is 0. The summed E-state index contributed by atoms with van der Waals surface area (Å²) >= 11 is 9.76. The minimum atomic E-state index is -3.53. The minimum absolute atomic E-state index is 0.308. The Labute approximate surface area is 202 Å². The van der Waals surface area contributed by atoms with Gasteiger partial charge in [-0.2, -0.15) is 4.31 Å². The highest BCUT2D eigenvalue weighted by atomic mass is 79.9. The average Bonchev–Trinajstić information content (AvgIpc) is 2.77. The number of rotatable bonds is 5. The normalized spacial score (nSPS) is 15.2. The van der Waals surface area contributed by atoms with Crippen LogP contribution < -0.4 is 4.90 Å². The van der Waals surface area contributed by atoms with Crippen LogP contribution >= 0.6 is 27.5 Å². The second-order valence-corrected chi connectivity index (χ2v) is 11.0. The number of aryl methyl sites for hydroxylation is 2. The molecule has 1 saturated heterocycles. The molecule has 2 heterocycles. The maximum Gasteiger partial charge on any atom is 0.243 e. The molecule has 9 heteroatoms. The zero-order valence-electron chi connectivity index (χ0n) is 17.9. The van der Waals surface area contributed by atoms with Gasteiger partial charge in [0, 0.05) is 53.4 Å². The van der Waals surface area contributed by atoms with E-state index in [-0.39, 0.29) is 0 Å². The number of aromatic nitrogens is 2. The molecular formula is C23H24BrClN4O2S. The van der Waals surface area contributed by atoms with Crippen molar-refractivity contribution < 1.29 is 8.42 Å². The third kappa shape index (κ3) is 4.83. The fraction of sp³-hybridized carbons (Fsp3) is 0.304. The second kappa shape index (κ2) is 9.47. The summed E-state index contributed by atoms with van der Waals surface area (Å²) in [5, 5.41) is 0.712. The zero-order chi connectivity index (χ0) is 22.9. The van der Waals surface area contributed by atoms with Gasteiger partial charge in [-0.05, 0) is 49.7 Å². The lowest BCUT2D eigenvalue weighted by atomic mass is 10.0. The fourth-order valence-corrected chi connectivity index (χ4v) is 5.80. The lowest BCUT2D eigenvalue weighted by Crippen LogP contribution is -2.49. The zero-order valence-corrected chi connectivity index (χ0v) is 21.1. The van der Waals surface area contributed by atoms with E-state index >= 15 is 0 Å². The van der Waals surface area contributed by atoms with Crippen molar-refractivity contribution >= 4 is 43.4 Å². The van der Waals surface area contributed by atoms with E-state index in [9.17, 15) is 8.42 Å². The average molecular weight is 536 g/mol. The van der Waals surface area contributed by atoms with E-state index in [1.165, 1.54) is 0 Å². The Kier molecular flexibility index (Phi) is 6.86. The fourth-order valence-electron chi connectivity index (χ4n) is 3.91. The van der Waals surface area contributed by atoms with Crippen molar-refractivity contribution in [3.05, 3.63) is 80.7 Å². The Balaban J connectivity index is 1.57. The van der Waals surface area contributed by atoms with E-state index in [0.717, 1.165) is 27.1 Å². The molecule has 32 heavy (non-hydrogen) atoms. The molecule has 0 saturated carbocycles. The summed E-state index contributed by atoms with van der Waals surface area (Å²) < 4.78 is 28.5. The first-order chi connectivity index (χ1) is 15.3. The molecule has 3 aromatic rings.